The molecule has 0 saturated carbocycles. The Morgan fingerprint density at radius 2 is 1.71 bits per heavy atom. The maximum Gasteiger partial charge on any atom is 0.243 e. The molecule has 0 aliphatic rings. The molecule has 0 aliphatic carbocycles. The molecule has 0 aliphatic heterocycles. The van der Waals surface area contributed by atoms with Gasteiger partial charge >= 0.3 is 0 Å². The number of benzene rings is 1. The van der Waals surface area contributed by atoms with Crippen molar-refractivity contribution >= 4 is 17.7 Å². The van der Waals surface area contributed by atoms with Gasteiger partial charge in [0, 0.05) is 13.0 Å². The predicted molar refractivity (Wildman–Crippen MR) is 109 cm³/mol. The highest BCUT2D eigenvalue weighted by Gasteiger charge is 2.23. The van der Waals surface area contributed by atoms with Gasteiger partial charge in [-0.2, -0.15) is 0 Å². The second-order valence-corrected chi connectivity index (χ2v) is 7.19. The second-order valence-electron chi connectivity index (χ2n) is 7.19. The molecular formula is C21H33N3O4. The zero-order chi connectivity index (χ0) is 20.9. The molecule has 0 unspecified atom stereocenters. The topological polar surface area (TPSA) is 122 Å². The van der Waals surface area contributed by atoms with Crippen LogP contribution in [0.4, 0.5) is 0 Å². The van der Waals surface area contributed by atoms with Gasteiger partial charge in [-0.1, -0.05) is 51.7 Å². The lowest BCUT2D eigenvalue weighted by molar-refractivity contribution is -0.131. The third-order valence-corrected chi connectivity index (χ3v) is 4.61. The SMILES string of the molecule is CCCCCCCC(=O)N[C@H](CC(N)=O)C(=O)NC[C@H](C)c1ccc(O)cc1. The van der Waals surface area contributed by atoms with Crippen molar-refractivity contribution in [3.8, 4) is 5.75 Å². The van der Waals surface area contributed by atoms with E-state index in [2.05, 4.69) is 17.6 Å². The third kappa shape index (κ3) is 9.39. The van der Waals surface area contributed by atoms with Gasteiger partial charge in [-0.3, -0.25) is 14.4 Å². The van der Waals surface area contributed by atoms with Crippen molar-refractivity contribution in [3.05, 3.63) is 29.8 Å². The van der Waals surface area contributed by atoms with Crippen molar-refractivity contribution in [1.29, 1.82) is 0 Å². The number of phenolic OH excluding ortho intramolecular Hbond substituents is 1. The van der Waals surface area contributed by atoms with E-state index in [0.717, 1.165) is 37.7 Å². The fraction of sp³-hybridized carbons (Fsp3) is 0.571. The molecule has 7 nitrogen and oxygen atoms in total. The van der Waals surface area contributed by atoms with E-state index in [1.165, 1.54) is 0 Å². The van der Waals surface area contributed by atoms with Crippen LogP contribution < -0.4 is 16.4 Å². The third-order valence-electron chi connectivity index (χ3n) is 4.61. The van der Waals surface area contributed by atoms with Gasteiger partial charge in [0.05, 0.1) is 6.42 Å². The first-order valence-electron chi connectivity index (χ1n) is 9.97. The molecule has 28 heavy (non-hydrogen) atoms. The van der Waals surface area contributed by atoms with Crippen LogP contribution in [0.2, 0.25) is 0 Å². The maximum atomic E-state index is 12.4. The number of carbonyl (C=O) groups excluding carboxylic acids is 3. The van der Waals surface area contributed by atoms with Crippen molar-refractivity contribution < 1.29 is 19.5 Å². The number of primary amides is 1. The van der Waals surface area contributed by atoms with E-state index in [4.69, 9.17) is 5.73 Å². The largest absolute Gasteiger partial charge is 0.508 e. The molecule has 0 heterocycles. The Morgan fingerprint density at radius 1 is 1.07 bits per heavy atom. The van der Waals surface area contributed by atoms with E-state index < -0.39 is 17.9 Å². The number of rotatable bonds is 13. The van der Waals surface area contributed by atoms with Gasteiger partial charge in [-0.15, -0.1) is 0 Å². The fourth-order valence-corrected chi connectivity index (χ4v) is 2.86. The number of aromatic hydroxyl groups is 1. The number of hydrogen-bond acceptors (Lipinski definition) is 4. The number of amides is 3. The van der Waals surface area contributed by atoms with Crippen molar-refractivity contribution in [1.82, 2.24) is 10.6 Å². The fourth-order valence-electron chi connectivity index (χ4n) is 2.86. The summed E-state index contributed by atoms with van der Waals surface area (Å²) in [6.45, 7) is 4.40. The first-order valence-corrected chi connectivity index (χ1v) is 9.97. The summed E-state index contributed by atoms with van der Waals surface area (Å²) in [6.07, 6.45) is 5.19. The Balaban J connectivity index is 2.50. The highest BCUT2D eigenvalue weighted by molar-refractivity contribution is 5.91. The lowest BCUT2D eigenvalue weighted by Crippen LogP contribution is -2.49. The zero-order valence-electron chi connectivity index (χ0n) is 16.9. The quantitative estimate of drug-likeness (QED) is 0.386. The van der Waals surface area contributed by atoms with Crippen LogP contribution in [-0.2, 0) is 14.4 Å². The Kier molecular flexibility index (Phi) is 10.7. The Hall–Kier alpha value is -2.57. The van der Waals surface area contributed by atoms with E-state index >= 15 is 0 Å². The number of hydrogen-bond donors (Lipinski definition) is 4. The average molecular weight is 392 g/mol. The zero-order valence-corrected chi connectivity index (χ0v) is 16.9. The highest BCUT2D eigenvalue weighted by atomic mass is 16.3. The summed E-state index contributed by atoms with van der Waals surface area (Å²) >= 11 is 0. The Labute approximate surface area is 167 Å². The predicted octanol–water partition coefficient (Wildman–Crippen LogP) is 2.33. The minimum atomic E-state index is -0.965. The van der Waals surface area contributed by atoms with Crippen molar-refractivity contribution in [2.45, 2.75) is 70.8 Å². The van der Waals surface area contributed by atoms with Gasteiger partial charge in [0.15, 0.2) is 0 Å². The molecule has 1 aromatic carbocycles. The molecule has 0 fully saturated rings. The molecule has 0 spiro atoms. The number of nitrogens with two attached hydrogens (primary N) is 1. The Bertz CT molecular complexity index is 631. The van der Waals surface area contributed by atoms with E-state index in [1.54, 1.807) is 24.3 Å². The smallest absolute Gasteiger partial charge is 0.243 e. The van der Waals surface area contributed by atoms with Crippen molar-refractivity contribution in [2.24, 2.45) is 5.73 Å². The first kappa shape index (κ1) is 23.5. The van der Waals surface area contributed by atoms with Crippen LogP contribution in [0, 0.1) is 0 Å². The monoisotopic (exact) mass is 391 g/mol. The van der Waals surface area contributed by atoms with Crippen LogP contribution in [0.3, 0.4) is 0 Å². The Morgan fingerprint density at radius 3 is 2.32 bits per heavy atom. The number of nitrogens with one attached hydrogen (secondary N) is 2. The van der Waals surface area contributed by atoms with Crippen molar-refractivity contribution in [3.63, 3.8) is 0 Å². The van der Waals surface area contributed by atoms with E-state index in [0.29, 0.717) is 13.0 Å². The van der Waals surface area contributed by atoms with Crippen LogP contribution in [0.5, 0.6) is 5.75 Å². The van der Waals surface area contributed by atoms with Gasteiger partial charge in [0.2, 0.25) is 17.7 Å². The van der Waals surface area contributed by atoms with Gasteiger partial charge in [-0.05, 0) is 30.0 Å². The summed E-state index contributed by atoms with van der Waals surface area (Å²) in [5.74, 6) is -1.13. The summed E-state index contributed by atoms with van der Waals surface area (Å²) in [4.78, 5) is 35.8. The number of phenols is 1. The summed E-state index contributed by atoms with van der Waals surface area (Å²) in [5.41, 5.74) is 6.19. The minimum Gasteiger partial charge on any atom is -0.508 e. The summed E-state index contributed by atoms with van der Waals surface area (Å²) < 4.78 is 0. The molecular weight excluding hydrogens is 358 g/mol. The molecule has 0 aromatic heterocycles. The van der Waals surface area contributed by atoms with Gasteiger partial charge in [-0.25, -0.2) is 0 Å². The van der Waals surface area contributed by atoms with Gasteiger partial charge < -0.3 is 21.5 Å². The first-order chi connectivity index (χ1) is 13.3. The van der Waals surface area contributed by atoms with Crippen LogP contribution >= 0.6 is 0 Å². The molecule has 0 bridgehead atoms. The summed E-state index contributed by atoms with van der Waals surface area (Å²) in [6, 6.07) is 5.78. The van der Waals surface area contributed by atoms with Crippen LogP contribution in [0.15, 0.2) is 24.3 Å². The maximum absolute atomic E-state index is 12.4. The summed E-state index contributed by atoms with van der Waals surface area (Å²) in [5, 5.41) is 14.7. The molecule has 3 amide bonds. The van der Waals surface area contributed by atoms with Crippen LogP contribution in [-0.4, -0.2) is 35.4 Å². The van der Waals surface area contributed by atoms with E-state index in [1.807, 2.05) is 6.92 Å². The summed E-state index contributed by atoms with van der Waals surface area (Å²) in [7, 11) is 0. The molecule has 2 atom stereocenters. The molecule has 0 radical (unpaired) electrons. The molecule has 5 N–H and O–H groups in total. The van der Waals surface area contributed by atoms with Gasteiger partial charge in [0.1, 0.15) is 11.8 Å². The van der Waals surface area contributed by atoms with Gasteiger partial charge in [0.25, 0.3) is 0 Å². The van der Waals surface area contributed by atoms with Crippen molar-refractivity contribution in [2.75, 3.05) is 6.54 Å². The molecule has 156 valence electrons. The number of unbranched alkanes of at least 4 members (excludes halogenated alkanes) is 4. The number of carbonyl (C=O) groups is 3. The standard InChI is InChI=1S/C21H33N3O4/c1-3-4-5-6-7-8-20(27)24-18(13-19(22)26)21(28)23-14-15(2)16-9-11-17(25)12-10-16/h9-12,15,18,25H,3-8,13-14H2,1-2H3,(H2,22,26)(H,23,28)(H,24,27)/t15-,18+/m0/s1. The lowest BCUT2D eigenvalue weighted by atomic mass is 10.0. The molecule has 1 aromatic rings. The molecule has 0 saturated heterocycles. The van der Waals surface area contributed by atoms with E-state index in [-0.39, 0.29) is 24.0 Å². The second kappa shape index (κ2) is 12.8. The van der Waals surface area contributed by atoms with Crippen LogP contribution in [0.25, 0.3) is 0 Å². The molecule has 7 heteroatoms. The van der Waals surface area contributed by atoms with E-state index in [9.17, 15) is 19.5 Å². The highest BCUT2D eigenvalue weighted by Crippen LogP contribution is 2.17. The molecule has 1 rings (SSSR count). The normalized spacial score (nSPS) is 12.8. The van der Waals surface area contributed by atoms with Crippen LogP contribution in [0.1, 0.15) is 70.3 Å². The minimum absolute atomic E-state index is 0.00745. The average Bonchev–Trinajstić information content (AvgIpc) is 2.65. The lowest BCUT2D eigenvalue weighted by Gasteiger charge is -2.19.